The van der Waals surface area contributed by atoms with Gasteiger partial charge < -0.3 is 9.57 Å². The van der Waals surface area contributed by atoms with Crippen LogP contribution < -0.4 is 5.32 Å². The SMILES string of the molecule is CC(C)S(=O)(=O)c1ccc(/C(=N\O[C@@H]2CCOC2)C(=O)Nc2ncc(F)s2)cc1. The number of rotatable bonds is 7. The van der Waals surface area contributed by atoms with E-state index in [0.717, 1.165) is 6.20 Å². The second-order valence-electron chi connectivity index (χ2n) is 6.57. The fourth-order valence-corrected chi connectivity index (χ4v) is 4.09. The molecule has 0 bridgehead atoms. The van der Waals surface area contributed by atoms with Gasteiger partial charge in [0.15, 0.2) is 31.9 Å². The Balaban J connectivity index is 1.87. The highest BCUT2D eigenvalue weighted by Crippen LogP contribution is 2.19. The van der Waals surface area contributed by atoms with E-state index in [9.17, 15) is 17.6 Å². The Morgan fingerprint density at radius 2 is 2.10 bits per heavy atom. The van der Waals surface area contributed by atoms with Crippen LogP contribution in [0.5, 0.6) is 0 Å². The van der Waals surface area contributed by atoms with Gasteiger partial charge in [-0.15, -0.1) is 0 Å². The molecule has 1 N–H and O–H groups in total. The van der Waals surface area contributed by atoms with Crippen LogP contribution in [0.2, 0.25) is 0 Å². The molecule has 0 spiro atoms. The summed E-state index contributed by atoms with van der Waals surface area (Å²) in [7, 11) is -3.45. The Bertz CT molecular complexity index is 997. The summed E-state index contributed by atoms with van der Waals surface area (Å²) in [6.45, 7) is 4.09. The number of hydrogen-bond acceptors (Lipinski definition) is 8. The topological polar surface area (TPSA) is 107 Å². The minimum Gasteiger partial charge on any atom is -0.389 e. The number of carbonyl (C=O) groups is 1. The zero-order valence-electron chi connectivity index (χ0n) is 15.8. The van der Waals surface area contributed by atoms with Crippen LogP contribution in [-0.2, 0) is 24.2 Å². The molecular formula is C18H20FN3O5S2. The second-order valence-corrected chi connectivity index (χ2v) is 10.1. The number of anilines is 1. The van der Waals surface area contributed by atoms with Gasteiger partial charge in [-0.1, -0.05) is 28.6 Å². The van der Waals surface area contributed by atoms with Crippen molar-refractivity contribution in [1.82, 2.24) is 4.98 Å². The van der Waals surface area contributed by atoms with E-state index in [1.165, 1.54) is 24.3 Å². The molecular weight excluding hydrogens is 421 g/mol. The van der Waals surface area contributed by atoms with Crippen molar-refractivity contribution in [2.75, 3.05) is 18.5 Å². The summed E-state index contributed by atoms with van der Waals surface area (Å²) < 4.78 is 43.0. The van der Waals surface area contributed by atoms with Gasteiger partial charge in [-0.3, -0.25) is 10.1 Å². The first-order chi connectivity index (χ1) is 13.8. The number of nitrogens with one attached hydrogen (secondary N) is 1. The van der Waals surface area contributed by atoms with Crippen molar-refractivity contribution in [3.05, 3.63) is 41.2 Å². The number of amides is 1. The second kappa shape index (κ2) is 8.97. The largest absolute Gasteiger partial charge is 0.389 e. The van der Waals surface area contributed by atoms with Gasteiger partial charge in [-0.2, -0.15) is 4.39 Å². The van der Waals surface area contributed by atoms with Crippen LogP contribution >= 0.6 is 11.3 Å². The van der Waals surface area contributed by atoms with Gasteiger partial charge in [0.25, 0.3) is 5.91 Å². The van der Waals surface area contributed by atoms with Gasteiger partial charge in [0, 0.05) is 12.0 Å². The molecule has 0 radical (unpaired) electrons. The lowest BCUT2D eigenvalue weighted by Crippen LogP contribution is -2.25. The summed E-state index contributed by atoms with van der Waals surface area (Å²) in [5.41, 5.74) is 0.266. The molecule has 1 atom stereocenters. The number of ether oxygens (including phenoxy) is 1. The van der Waals surface area contributed by atoms with Crippen molar-refractivity contribution in [2.45, 2.75) is 36.5 Å². The maximum Gasteiger partial charge on any atom is 0.280 e. The molecule has 1 saturated heterocycles. The summed E-state index contributed by atoms with van der Waals surface area (Å²) in [5.74, 6) is -0.655. The predicted octanol–water partition coefficient (Wildman–Crippen LogP) is 2.61. The number of sulfone groups is 1. The van der Waals surface area contributed by atoms with Crippen molar-refractivity contribution in [1.29, 1.82) is 0 Å². The van der Waals surface area contributed by atoms with Crippen LogP contribution in [0.1, 0.15) is 25.8 Å². The van der Waals surface area contributed by atoms with Crippen LogP contribution in [0.15, 0.2) is 40.5 Å². The lowest BCUT2D eigenvalue weighted by Gasteiger charge is -2.11. The number of thiazole rings is 1. The van der Waals surface area contributed by atoms with Gasteiger partial charge in [0.2, 0.25) is 0 Å². The highest BCUT2D eigenvalue weighted by atomic mass is 32.2. The summed E-state index contributed by atoms with van der Waals surface area (Å²) >= 11 is 0.676. The molecule has 0 saturated carbocycles. The van der Waals surface area contributed by atoms with Crippen molar-refractivity contribution in [3.8, 4) is 0 Å². The van der Waals surface area contributed by atoms with E-state index >= 15 is 0 Å². The molecule has 156 valence electrons. The van der Waals surface area contributed by atoms with Crippen LogP contribution in [0, 0.1) is 5.13 Å². The Hall–Kier alpha value is -2.37. The molecule has 2 aromatic rings. The zero-order chi connectivity index (χ0) is 21.0. The average molecular weight is 442 g/mol. The molecule has 8 nitrogen and oxygen atoms in total. The Kier molecular flexibility index (Phi) is 6.60. The highest BCUT2D eigenvalue weighted by Gasteiger charge is 2.23. The van der Waals surface area contributed by atoms with E-state index in [2.05, 4.69) is 15.5 Å². The Morgan fingerprint density at radius 1 is 1.38 bits per heavy atom. The minimum atomic E-state index is -3.45. The third kappa shape index (κ3) is 5.17. The van der Waals surface area contributed by atoms with E-state index in [0.29, 0.717) is 36.5 Å². The number of oxime groups is 1. The first-order valence-corrected chi connectivity index (χ1v) is 11.2. The van der Waals surface area contributed by atoms with Crippen molar-refractivity contribution >= 4 is 37.9 Å². The fourth-order valence-electron chi connectivity index (χ4n) is 2.49. The smallest absolute Gasteiger partial charge is 0.280 e. The first-order valence-electron chi connectivity index (χ1n) is 8.86. The molecule has 3 rings (SSSR count). The van der Waals surface area contributed by atoms with Crippen LogP contribution in [0.4, 0.5) is 9.52 Å². The third-order valence-corrected chi connectivity index (χ3v) is 7.04. The molecule has 0 unspecified atom stereocenters. The summed E-state index contributed by atoms with van der Waals surface area (Å²) in [6, 6.07) is 5.78. The van der Waals surface area contributed by atoms with Gasteiger partial charge >= 0.3 is 0 Å². The van der Waals surface area contributed by atoms with Gasteiger partial charge in [0.05, 0.1) is 29.6 Å². The monoisotopic (exact) mass is 441 g/mol. The molecule has 11 heteroatoms. The molecule has 1 aromatic heterocycles. The van der Waals surface area contributed by atoms with Gasteiger partial charge in [-0.05, 0) is 26.0 Å². The van der Waals surface area contributed by atoms with Crippen molar-refractivity contribution < 1.29 is 27.2 Å². The number of hydrogen-bond donors (Lipinski definition) is 1. The number of carbonyl (C=O) groups excluding carboxylic acids is 1. The predicted molar refractivity (Wildman–Crippen MR) is 106 cm³/mol. The average Bonchev–Trinajstić information content (AvgIpc) is 3.34. The number of halogens is 1. The van der Waals surface area contributed by atoms with Crippen molar-refractivity contribution in [3.63, 3.8) is 0 Å². The molecule has 2 heterocycles. The van der Waals surface area contributed by atoms with E-state index in [1.807, 2.05) is 0 Å². The number of nitrogens with zero attached hydrogens (tertiary/aromatic N) is 2. The standard InChI is InChI=1S/C18H20FN3O5S2/c1-11(2)29(24,25)14-5-3-12(4-6-14)16(22-27-13-7-8-26-10-13)17(23)21-18-20-9-15(19)28-18/h3-6,9,11,13H,7-8,10H2,1-2H3,(H,20,21,23)/b22-16+/t13-/m1/s1. The van der Waals surface area contributed by atoms with Crippen LogP contribution in [0.25, 0.3) is 0 Å². The maximum absolute atomic E-state index is 13.2. The lowest BCUT2D eigenvalue weighted by atomic mass is 10.1. The van der Waals surface area contributed by atoms with Crippen LogP contribution in [0.3, 0.4) is 0 Å². The van der Waals surface area contributed by atoms with Gasteiger partial charge in [0.1, 0.15) is 0 Å². The molecule has 1 fully saturated rings. The maximum atomic E-state index is 13.2. The summed E-state index contributed by atoms with van der Waals surface area (Å²) in [4.78, 5) is 22.0. The Labute approximate surface area is 171 Å². The molecule has 1 aliphatic heterocycles. The first kappa shape index (κ1) is 21.3. The van der Waals surface area contributed by atoms with Crippen molar-refractivity contribution in [2.24, 2.45) is 5.16 Å². The van der Waals surface area contributed by atoms with E-state index in [1.54, 1.807) is 13.8 Å². The highest BCUT2D eigenvalue weighted by molar-refractivity contribution is 7.92. The summed E-state index contributed by atoms with van der Waals surface area (Å²) in [5, 5.41) is 5.39. The molecule has 29 heavy (non-hydrogen) atoms. The number of aromatic nitrogens is 1. The quantitative estimate of drug-likeness (QED) is 0.523. The molecule has 0 aliphatic carbocycles. The molecule has 1 amide bonds. The lowest BCUT2D eigenvalue weighted by molar-refractivity contribution is -0.110. The van der Waals surface area contributed by atoms with E-state index in [-0.39, 0.29) is 21.8 Å². The normalized spacial score (nSPS) is 17.5. The fraction of sp³-hybridized carbons (Fsp3) is 0.389. The van der Waals surface area contributed by atoms with Crippen LogP contribution in [-0.4, -0.2) is 49.6 Å². The van der Waals surface area contributed by atoms with E-state index < -0.39 is 26.1 Å². The Morgan fingerprint density at radius 3 is 2.66 bits per heavy atom. The summed E-state index contributed by atoms with van der Waals surface area (Å²) in [6.07, 6.45) is 1.35. The molecule has 1 aliphatic rings. The van der Waals surface area contributed by atoms with Gasteiger partial charge in [-0.25, -0.2) is 13.4 Å². The third-order valence-electron chi connectivity index (χ3n) is 4.17. The van der Waals surface area contributed by atoms with E-state index in [4.69, 9.17) is 9.57 Å². The zero-order valence-corrected chi connectivity index (χ0v) is 17.4. The number of benzene rings is 1. The minimum absolute atomic E-state index is 0.0726. The molecule has 1 aromatic carbocycles.